The molecule has 0 atom stereocenters. The molecule has 4 heteroatoms. The van der Waals surface area contributed by atoms with Crippen LogP contribution in [0.4, 0.5) is 0 Å². The van der Waals surface area contributed by atoms with Crippen molar-refractivity contribution in [2.24, 2.45) is 17.8 Å². The Morgan fingerprint density at radius 3 is 1.77 bits per heavy atom. The number of hydrogen-bond acceptors (Lipinski definition) is 4. The molecule has 0 unspecified atom stereocenters. The molecule has 2 aromatic rings. The molecular formula is C31H42O4. The molecule has 0 aromatic heterocycles. The fourth-order valence-electron chi connectivity index (χ4n) is 4.86. The maximum Gasteiger partial charge on any atom is 0.334 e. The monoisotopic (exact) mass is 478 g/mol. The third kappa shape index (κ3) is 9.27. The Morgan fingerprint density at radius 2 is 1.31 bits per heavy atom. The first-order valence-corrected chi connectivity index (χ1v) is 13.0. The highest BCUT2D eigenvalue weighted by Crippen LogP contribution is 2.34. The van der Waals surface area contributed by atoms with Gasteiger partial charge in [-0.3, -0.25) is 0 Å². The number of allylic oxidation sites excluding steroid dienone is 1. The summed E-state index contributed by atoms with van der Waals surface area (Å²) in [6.45, 7) is 10.6. The summed E-state index contributed by atoms with van der Waals surface area (Å²) in [4.78, 5) is 12.9. The van der Waals surface area contributed by atoms with Crippen molar-refractivity contribution in [3.63, 3.8) is 0 Å². The second kappa shape index (κ2) is 13.6. The fraction of sp³-hybridized carbons (Fsp3) is 0.516. The zero-order valence-corrected chi connectivity index (χ0v) is 21.9. The highest BCUT2D eigenvalue weighted by molar-refractivity contribution is 5.91. The SMILES string of the molecule is CC(C)CC(C/C=C1\CC(COCc2ccccc2)(COCc2ccccc2)OC1=O)CC(C)C. The summed E-state index contributed by atoms with van der Waals surface area (Å²) >= 11 is 0. The van der Waals surface area contributed by atoms with Gasteiger partial charge in [0.05, 0.1) is 26.4 Å². The first kappa shape index (κ1) is 27.2. The Morgan fingerprint density at radius 1 is 0.829 bits per heavy atom. The number of benzene rings is 2. The Kier molecular flexibility index (Phi) is 10.6. The Balaban J connectivity index is 1.66. The van der Waals surface area contributed by atoms with E-state index in [1.165, 1.54) is 12.8 Å². The van der Waals surface area contributed by atoms with Crippen molar-refractivity contribution < 1.29 is 19.0 Å². The van der Waals surface area contributed by atoms with Crippen molar-refractivity contribution >= 4 is 5.97 Å². The van der Waals surface area contributed by atoms with Gasteiger partial charge in [-0.05, 0) is 48.1 Å². The smallest absolute Gasteiger partial charge is 0.334 e. The second-order valence-electron chi connectivity index (χ2n) is 10.8. The first-order valence-electron chi connectivity index (χ1n) is 13.0. The largest absolute Gasteiger partial charge is 0.450 e. The fourth-order valence-corrected chi connectivity index (χ4v) is 4.86. The minimum Gasteiger partial charge on any atom is -0.450 e. The molecule has 0 N–H and O–H groups in total. The maximum atomic E-state index is 12.9. The summed E-state index contributed by atoms with van der Waals surface area (Å²) in [5.41, 5.74) is 2.16. The molecule has 4 nitrogen and oxygen atoms in total. The van der Waals surface area contributed by atoms with E-state index in [1.54, 1.807) is 0 Å². The zero-order valence-electron chi connectivity index (χ0n) is 21.9. The molecule has 3 rings (SSSR count). The summed E-state index contributed by atoms with van der Waals surface area (Å²) in [5, 5.41) is 0. The lowest BCUT2D eigenvalue weighted by atomic mass is 9.86. The summed E-state index contributed by atoms with van der Waals surface area (Å²) in [5.74, 6) is 1.63. The molecular weight excluding hydrogens is 436 g/mol. The number of ether oxygens (including phenoxy) is 3. The van der Waals surface area contributed by atoms with E-state index < -0.39 is 5.60 Å². The predicted octanol–water partition coefficient (Wildman–Crippen LogP) is 7.13. The third-order valence-electron chi connectivity index (χ3n) is 6.34. The molecule has 1 heterocycles. The van der Waals surface area contributed by atoms with Crippen molar-refractivity contribution in [2.45, 2.75) is 72.2 Å². The summed E-state index contributed by atoms with van der Waals surface area (Å²) in [6.07, 6.45) is 5.89. The van der Waals surface area contributed by atoms with E-state index in [2.05, 4.69) is 33.8 Å². The lowest BCUT2D eigenvalue weighted by Crippen LogP contribution is -2.39. The van der Waals surface area contributed by atoms with E-state index in [-0.39, 0.29) is 5.97 Å². The van der Waals surface area contributed by atoms with E-state index in [0.717, 1.165) is 23.1 Å². The van der Waals surface area contributed by atoms with Crippen LogP contribution < -0.4 is 0 Å². The number of carbonyl (C=O) groups excluding carboxylic acids is 1. The Bertz CT molecular complexity index is 862. The summed E-state index contributed by atoms with van der Waals surface area (Å²) < 4.78 is 18.1. The maximum absolute atomic E-state index is 12.9. The molecule has 1 aliphatic heterocycles. The standard InChI is InChI=1S/C31H42O4/c1-24(2)17-28(18-25(3)4)15-16-29-19-31(35-30(29)32,22-33-20-26-11-7-5-8-12-26)23-34-21-27-13-9-6-10-14-27/h5-14,16,24-25,28H,15,17-23H2,1-4H3/b29-16+. The van der Waals surface area contributed by atoms with Gasteiger partial charge >= 0.3 is 5.97 Å². The molecule has 0 radical (unpaired) electrons. The highest BCUT2D eigenvalue weighted by atomic mass is 16.6. The van der Waals surface area contributed by atoms with E-state index in [1.807, 2.05) is 60.7 Å². The van der Waals surface area contributed by atoms with Crippen LogP contribution in [0.15, 0.2) is 72.3 Å². The van der Waals surface area contributed by atoms with Gasteiger partial charge in [-0.1, -0.05) is 94.4 Å². The van der Waals surface area contributed by atoms with Gasteiger partial charge in [-0.15, -0.1) is 0 Å². The van der Waals surface area contributed by atoms with E-state index >= 15 is 0 Å². The van der Waals surface area contributed by atoms with Crippen LogP contribution in [0.3, 0.4) is 0 Å². The van der Waals surface area contributed by atoms with Crippen molar-refractivity contribution in [3.05, 3.63) is 83.4 Å². The van der Waals surface area contributed by atoms with Gasteiger partial charge in [0.15, 0.2) is 5.60 Å². The Labute approximate surface area is 211 Å². The predicted molar refractivity (Wildman–Crippen MR) is 141 cm³/mol. The zero-order chi connectivity index (χ0) is 25.1. The number of esters is 1. The van der Waals surface area contributed by atoms with Crippen molar-refractivity contribution in [3.8, 4) is 0 Å². The molecule has 2 aromatic carbocycles. The van der Waals surface area contributed by atoms with Crippen molar-refractivity contribution in [1.82, 2.24) is 0 Å². The van der Waals surface area contributed by atoms with Crippen molar-refractivity contribution in [1.29, 1.82) is 0 Å². The third-order valence-corrected chi connectivity index (χ3v) is 6.34. The second-order valence-corrected chi connectivity index (χ2v) is 10.8. The summed E-state index contributed by atoms with van der Waals surface area (Å²) in [7, 11) is 0. The molecule has 0 spiro atoms. The van der Waals surface area contributed by atoms with Gasteiger partial charge in [0.1, 0.15) is 0 Å². The first-order chi connectivity index (χ1) is 16.8. The number of carbonyl (C=O) groups is 1. The van der Waals surface area contributed by atoms with Gasteiger partial charge in [-0.25, -0.2) is 4.79 Å². The van der Waals surface area contributed by atoms with Gasteiger partial charge in [-0.2, -0.15) is 0 Å². The molecule has 190 valence electrons. The van der Waals surface area contributed by atoms with Crippen LogP contribution >= 0.6 is 0 Å². The number of cyclic esters (lactones) is 1. The van der Waals surface area contributed by atoms with Crippen molar-refractivity contribution in [2.75, 3.05) is 13.2 Å². The molecule has 0 saturated carbocycles. The van der Waals surface area contributed by atoms with Crippen LogP contribution in [-0.2, 0) is 32.2 Å². The molecule has 0 aliphatic carbocycles. The van der Waals surface area contributed by atoms with Crippen LogP contribution in [-0.4, -0.2) is 24.8 Å². The van der Waals surface area contributed by atoms with Gasteiger partial charge in [0, 0.05) is 12.0 Å². The van der Waals surface area contributed by atoms with E-state index in [0.29, 0.717) is 50.6 Å². The van der Waals surface area contributed by atoms with E-state index in [4.69, 9.17) is 14.2 Å². The lowest BCUT2D eigenvalue weighted by Gasteiger charge is -2.27. The van der Waals surface area contributed by atoms with Crippen LogP contribution in [0.5, 0.6) is 0 Å². The normalized spacial score (nSPS) is 16.5. The van der Waals surface area contributed by atoms with Crippen LogP contribution in [0.2, 0.25) is 0 Å². The van der Waals surface area contributed by atoms with Crippen LogP contribution in [0.1, 0.15) is 64.5 Å². The highest BCUT2D eigenvalue weighted by Gasteiger charge is 2.44. The average Bonchev–Trinajstić information content (AvgIpc) is 3.13. The quantitative estimate of drug-likeness (QED) is 0.214. The van der Waals surface area contributed by atoms with Crippen LogP contribution in [0, 0.1) is 17.8 Å². The minimum atomic E-state index is -0.794. The Hall–Kier alpha value is -2.43. The molecule has 1 saturated heterocycles. The van der Waals surface area contributed by atoms with E-state index in [9.17, 15) is 4.79 Å². The molecule has 0 bridgehead atoms. The van der Waals surface area contributed by atoms with Gasteiger partial charge < -0.3 is 14.2 Å². The lowest BCUT2D eigenvalue weighted by molar-refractivity contribution is -0.161. The number of rotatable bonds is 14. The van der Waals surface area contributed by atoms with Gasteiger partial charge in [0.2, 0.25) is 0 Å². The average molecular weight is 479 g/mol. The van der Waals surface area contributed by atoms with Gasteiger partial charge in [0.25, 0.3) is 0 Å². The molecule has 0 amide bonds. The van der Waals surface area contributed by atoms with Crippen LogP contribution in [0.25, 0.3) is 0 Å². The minimum absolute atomic E-state index is 0.232. The molecule has 1 fully saturated rings. The summed E-state index contributed by atoms with van der Waals surface area (Å²) in [6, 6.07) is 20.1. The number of hydrogen-bond donors (Lipinski definition) is 0. The molecule has 35 heavy (non-hydrogen) atoms. The molecule has 1 aliphatic rings. The topological polar surface area (TPSA) is 44.8 Å².